The highest BCUT2D eigenvalue weighted by atomic mass is 15.1. The molecule has 1 unspecified atom stereocenters. The van der Waals surface area contributed by atoms with Gasteiger partial charge in [0, 0.05) is 24.5 Å². The van der Waals surface area contributed by atoms with Gasteiger partial charge in [-0.25, -0.2) is 4.98 Å². The third kappa shape index (κ3) is 1.73. The first-order valence-electron chi connectivity index (χ1n) is 6.39. The van der Waals surface area contributed by atoms with Crippen molar-refractivity contribution in [3.63, 3.8) is 0 Å². The summed E-state index contributed by atoms with van der Waals surface area (Å²) >= 11 is 0. The van der Waals surface area contributed by atoms with Gasteiger partial charge < -0.3 is 10.3 Å². The van der Waals surface area contributed by atoms with E-state index in [-0.39, 0.29) is 5.54 Å². The maximum atomic E-state index is 6.03. The van der Waals surface area contributed by atoms with Crippen LogP contribution in [0.2, 0.25) is 0 Å². The van der Waals surface area contributed by atoms with Crippen molar-refractivity contribution in [2.45, 2.75) is 25.3 Å². The van der Waals surface area contributed by atoms with Crippen molar-refractivity contribution < 1.29 is 0 Å². The van der Waals surface area contributed by atoms with E-state index < -0.39 is 0 Å². The molecule has 4 heteroatoms. The minimum Gasteiger partial charge on any atom is -0.328 e. The number of imidazole rings is 1. The van der Waals surface area contributed by atoms with E-state index in [0.29, 0.717) is 12.5 Å². The van der Waals surface area contributed by atoms with E-state index in [1.807, 2.05) is 37.1 Å². The van der Waals surface area contributed by atoms with E-state index >= 15 is 0 Å². The molecule has 2 aromatic rings. The highest BCUT2D eigenvalue weighted by Crippen LogP contribution is 2.45. The van der Waals surface area contributed by atoms with E-state index in [9.17, 15) is 0 Å². The molecule has 3 rings (SSSR count). The van der Waals surface area contributed by atoms with E-state index in [2.05, 4.69) is 21.5 Å². The van der Waals surface area contributed by atoms with E-state index in [0.717, 1.165) is 11.3 Å². The molecule has 0 amide bonds. The highest BCUT2D eigenvalue weighted by molar-refractivity contribution is 5.58. The van der Waals surface area contributed by atoms with Crippen LogP contribution in [0.3, 0.4) is 0 Å². The first-order valence-corrected chi connectivity index (χ1v) is 6.39. The lowest BCUT2D eigenvalue weighted by atomic mass is 9.94. The Morgan fingerprint density at radius 2 is 2.06 bits per heavy atom. The third-order valence-electron chi connectivity index (χ3n) is 4.04. The predicted octanol–water partition coefficient (Wildman–Crippen LogP) is 2.03. The number of nitrogens with two attached hydrogens (primary N) is 1. The molecule has 1 aliphatic rings. The SMILES string of the molecule is CC(CN)(C1CC1)n1cncc1-c1ccncc1. The van der Waals surface area contributed by atoms with Gasteiger partial charge >= 0.3 is 0 Å². The van der Waals surface area contributed by atoms with Crippen molar-refractivity contribution in [3.8, 4) is 11.3 Å². The predicted molar refractivity (Wildman–Crippen MR) is 70.9 cm³/mol. The van der Waals surface area contributed by atoms with Crippen molar-refractivity contribution in [2.24, 2.45) is 11.7 Å². The summed E-state index contributed by atoms with van der Waals surface area (Å²) in [5.74, 6) is 0.678. The molecule has 0 aliphatic heterocycles. The smallest absolute Gasteiger partial charge is 0.0956 e. The lowest BCUT2D eigenvalue weighted by Crippen LogP contribution is -2.40. The van der Waals surface area contributed by atoms with Crippen LogP contribution in [0.25, 0.3) is 11.3 Å². The molecule has 0 saturated heterocycles. The molecule has 2 heterocycles. The Labute approximate surface area is 107 Å². The van der Waals surface area contributed by atoms with Crippen LogP contribution in [0.15, 0.2) is 37.1 Å². The Bertz CT molecular complexity index is 530. The normalized spacial score (nSPS) is 18.6. The standard InChI is InChI=1S/C14H18N4/c1-14(9-15,12-2-3-12)18-10-17-8-13(18)11-4-6-16-7-5-11/h4-8,10,12H,2-3,9,15H2,1H3. The topological polar surface area (TPSA) is 56.7 Å². The van der Waals surface area contributed by atoms with Gasteiger partial charge in [0.2, 0.25) is 0 Å². The van der Waals surface area contributed by atoms with Crippen molar-refractivity contribution in [3.05, 3.63) is 37.1 Å². The second-order valence-electron chi connectivity index (χ2n) is 5.22. The van der Waals surface area contributed by atoms with Crippen LogP contribution in [0.4, 0.5) is 0 Å². The summed E-state index contributed by atoms with van der Waals surface area (Å²) < 4.78 is 2.24. The van der Waals surface area contributed by atoms with Gasteiger partial charge in [-0.2, -0.15) is 0 Å². The Balaban J connectivity index is 2.06. The molecule has 0 radical (unpaired) electrons. The minimum absolute atomic E-state index is 0.0187. The zero-order valence-electron chi connectivity index (χ0n) is 10.6. The quantitative estimate of drug-likeness (QED) is 0.892. The summed E-state index contributed by atoms with van der Waals surface area (Å²) in [4.78, 5) is 8.37. The first kappa shape index (κ1) is 11.4. The fraction of sp³-hybridized carbons (Fsp3) is 0.429. The molecule has 0 spiro atoms. The summed E-state index contributed by atoms with van der Waals surface area (Å²) in [6, 6.07) is 4.02. The van der Waals surface area contributed by atoms with Crippen LogP contribution >= 0.6 is 0 Å². The molecule has 1 aliphatic carbocycles. The van der Waals surface area contributed by atoms with Crippen LogP contribution < -0.4 is 5.73 Å². The Kier molecular flexibility index (Phi) is 2.67. The molecular weight excluding hydrogens is 224 g/mol. The van der Waals surface area contributed by atoms with Crippen LogP contribution in [0.5, 0.6) is 0 Å². The summed E-state index contributed by atoms with van der Waals surface area (Å²) in [7, 11) is 0. The van der Waals surface area contributed by atoms with Crippen molar-refractivity contribution in [1.82, 2.24) is 14.5 Å². The Hall–Kier alpha value is -1.68. The van der Waals surface area contributed by atoms with E-state index in [1.165, 1.54) is 12.8 Å². The largest absolute Gasteiger partial charge is 0.328 e. The lowest BCUT2D eigenvalue weighted by molar-refractivity contribution is 0.284. The number of pyridine rings is 1. The average Bonchev–Trinajstić information content (AvgIpc) is 3.16. The highest BCUT2D eigenvalue weighted by Gasteiger charge is 2.42. The van der Waals surface area contributed by atoms with Crippen molar-refractivity contribution in [2.75, 3.05) is 6.54 Å². The van der Waals surface area contributed by atoms with Gasteiger partial charge in [-0.3, -0.25) is 4.98 Å². The van der Waals surface area contributed by atoms with Gasteiger partial charge in [0.05, 0.1) is 23.8 Å². The molecular formula is C14H18N4. The summed E-state index contributed by atoms with van der Waals surface area (Å²) in [5.41, 5.74) is 8.27. The van der Waals surface area contributed by atoms with Gasteiger partial charge in [0.15, 0.2) is 0 Å². The lowest BCUT2D eigenvalue weighted by Gasteiger charge is -2.31. The van der Waals surface area contributed by atoms with E-state index in [4.69, 9.17) is 5.73 Å². The summed E-state index contributed by atoms with van der Waals surface area (Å²) in [6.45, 7) is 2.88. The molecule has 2 N–H and O–H groups in total. The molecule has 2 aromatic heterocycles. The van der Waals surface area contributed by atoms with Crippen molar-refractivity contribution >= 4 is 0 Å². The van der Waals surface area contributed by atoms with Crippen molar-refractivity contribution in [1.29, 1.82) is 0 Å². The second kappa shape index (κ2) is 4.21. The molecule has 1 atom stereocenters. The molecule has 94 valence electrons. The number of rotatable bonds is 4. The molecule has 1 saturated carbocycles. The third-order valence-corrected chi connectivity index (χ3v) is 4.04. The fourth-order valence-corrected chi connectivity index (χ4v) is 2.61. The first-order chi connectivity index (χ1) is 8.75. The van der Waals surface area contributed by atoms with Gasteiger partial charge in [-0.1, -0.05) is 0 Å². The average molecular weight is 242 g/mol. The molecule has 1 fully saturated rings. The summed E-state index contributed by atoms with van der Waals surface area (Å²) in [6.07, 6.45) is 9.96. The van der Waals surface area contributed by atoms with Crippen LogP contribution in [0.1, 0.15) is 19.8 Å². The minimum atomic E-state index is -0.0187. The number of nitrogens with zero attached hydrogens (tertiary/aromatic N) is 3. The van der Waals surface area contributed by atoms with Gasteiger partial charge in [-0.05, 0) is 37.8 Å². The van der Waals surface area contributed by atoms with Crippen LogP contribution in [-0.2, 0) is 5.54 Å². The fourth-order valence-electron chi connectivity index (χ4n) is 2.61. The number of aromatic nitrogens is 3. The maximum absolute atomic E-state index is 6.03. The second-order valence-corrected chi connectivity index (χ2v) is 5.22. The number of hydrogen-bond donors (Lipinski definition) is 1. The maximum Gasteiger partial charge on any atom is 0.0956 e. The molecule has 0 bridgehead atoms. The van der Waals surface area contributed by atoms with Crippen LogP contribution in [-0.4, -0.2) is 21.1 Å². The van der Waals surface area contributed by atoms with E-state index in [1.54, 1.807) is 0 Å². The molecule has 4 nitrogen and oxygen atoms in total. The Morgan fingerprint density at radius 1 is 1.33 bits per heavy atom. The molecule has 0 aromatic carbocycles. The number of hydrogen-bond acceptors (Lipinski definition) is 3. The zero-order valence-corrected chi connectivity index (χ0v) is 10.6. The molecule has 18 heavy (non-hydrogen) atoms. The van der Waals surface area contributed by atoms with Crippen LogP contribution in [0, 0.1) is 5.92 Å². The van der Waals surface area contributed by atoms with Gasteiger partial charge in [-0.15, -0.1) is 0 Å². The monoisotopic (exact) mass is 242 g/mol. The van der Waals surface area contributed by atoms with Gasteiger partial charge in [0.1, 0.15) is 0 Å². The van der Waals surface area contributed by atoms with Gasteiger partial charge in [0.25, 0.3) is 0 Å². The Morgan fingerprint density at radius 3 is 2.67 bits per heavy atom. The zero-order chi connectivity index (χ0) is 12.6. The summed E-state index contributed by atoms with van der Waals surface area (Å²) in [5, 5.41) is 0.